The van der Waals surface area contributed by atoms with Gasteiger partial charge >= 0.3 is 0 Å². The van der Waals surface area contributed by atoms with Crippen LogP contribution in [0.2, 0.25) is 10.0 Å². The summed E-state index contributed by atoms with van der Waals surface area (Å²) in [6, 6.07) is 5.23. The van der Waals surface area contributed by atoms with Crippen LogP contribution in [0.15, 0.2) is 18.2 Å². The van der Waals surface area contributed by atoms with Crippen molar-refractivity contribution < 1.29 is 4.74 Å². The molecule has 2 nitrogen and oxygen atoms in total. The van der Waals surface area contributed by atoms with Crippen LogP contribution >= 0.6 is 23.2 Å². The lowest BCUT2D eigenvalue weighted by Gasteiger charge is -2.26. The number of hydrogen-bond donors (Lipinski definition) is 1. The first kappa shape index (κ1) is 12.6. The van der Waals surface area contributed by atoms with Gasteiger partial charge in [0, 0.05) is 6.07 Å². The van der Waals surface area contributed by atoms with E-state index >= 15 is 0 Å². The van der Waals surface area contributed by atoms with Gasteiger partial charge in [-0.25, -0.2) is 0 Å². The maximum atomic E-state index is 5.88. The Balaban J connectivity index is 2.76. The van der Waals surface area contributed by atoms with Crippen LogP contribution in [0.4, 0.5) is 0 Å². The molecule has 0 saturated heterocycles. The second kappa shape index (κ2) is 5.06. The molecule has 0 aromatic heterocycles. The highest BCUT2D eigenvalue weighted by Crippen LogP contribution is 2.28. The van der Waals surface area contributed by atoms with E-state index in [2.05, 4.69) is 0 Å². The highest BCUT2D eigenvalue weighted by Gasteiger charge is 2.18. The molecule has 0 aliphatic heterocycles. The van der Waals surface area contributed by atoms with Crippen molar-refractivity contribution in [2.75, 3.05) is 6.54 Å². The molecule has 0 aliphatic rings. The van der Waals surface area contributed by atoms with Gasteiger partial charge in [-0.1, -0.05) is 23.2 Å². The van der Waals surface area contributed by atoms with E-state index < -0.39 is 0 Å². The molecule has 0 saturated carbocycles. The summed E-state index contributed by atoms with van der Waals surface area (Å²) in [4.78, 5) is 0. The molecule has 0 radical (unpaired) electrons. The largest absolute Gasteiger partial charge is 0.488 e. The molecule has 0 atom stereocenters. The topological polar surface area (TPSA) is 35.2 Å². The lowest BCUT2D eigenvalue weighted by molar-refractivity contribution is 0.102. The van der Waals surface area contributed by atoms with Gasteiger partial charge in [-0.3, -0.25) is 0 Å². The zero-order chi connectivity index (χ0) is 11.5. The van der Waals surface area contributed by atoms with E-state index in [1.54, 1.807) is 18.2 Å². The van der Waals surface area contributed by atoms with Crippen molar-refractivity contribution in [3.05, 3.63) is 28.2 Å². The number of nitrogens with two attached hydrogens (primary N) is 1. The van der Waals surface area contributed by atoms with Crippen LogP contribution < -0.4 is 10.5 Å². The number of rotatable bonds is 4. The van der Waals surface area contributed by atoms with Gasteiger partial charge in [0.05, 0.1) is 10.0 Å². The fraction of sp³-hybridized carbons (Fsp3) is 0.455. The molecule has 84 valence electrons. The van der Waals surface area contributed by atoms with E-state index in [9.17, 15) is 0 Å². The van der Waals surface area contributed by atoms with Crippen LogP contribution in [0, 0.1) is 0 Å². The van der Waals surface area contributed by atoms with Crippen LogP contribution in [-0.2, 0) is 0 Å². The molecule has 0 fully saturated rings. The van der Waals surface area contributed by atoms with Crippen LogP contribution in [0.3, 0.4) is 0 Å². The third kappa shape index (κ3) is 3.90. The SMILES string of the molecule is CC(C)(CCN)Oc1ccc(Cl)c(Cl)c1. The van der Waals surface area contributed by atoms with Crippen molar-refractivity contribution in [3.63, 3.8) is 0 Å². The Labute approximate surface area is 100 Å². The Morgan fingerprint density at radius 3 is 2.47 bits per heavy atom. The molecule has 4 heteroatoms. The third-order valence-electron chi connectivity index (χ3n) is 2.03. The first-order valence-corrected chi connectivity index (χ1v) is 5.54. The first-order valence-electron chi connectivity index (χ1n) is 4.79. The van der Waals surface area contributed by atoms with E-state index in [0.717, 1.165) is 6.42 Å². The van der Waals surface area contributed by atoms with E-state index in [1.165, 1.54) is 0 Å². The fourth-order valence-electron chi connectivity index (χ4n) is 1.26. The predicted octanol–water partition coefficient (Wildman–Crippen LogP) is 3.50. The van der Waals surface area contributed by atoms with Crippen molar-refractivity contribution >= 4 is 23.2 Å². The molecule has 1 aromatic carbocycles. The highest BCUT2D eigenvalue weighted by atomic mass is 35.5. The molecule has 1 aromatic rings. The van der Waals surface area contributed by atoms with Crippen molar-refractivity contribution in [3.8, 4) is 5.75 Å². The van der Waals surface area contributed by atoms with E-state index in [1.807, 2.05) is 13.8 Å². The molecule has 2 N–H and O–H groups in total. The van der Waals surface area contributed by atoms with Crippen molar-refractivity contribution in [1.29, 1.82) is 0 Å². The lowest BCUT2D eigenvalue weighted by atomic mass is 10.1. The number of ether oxygens (including phenoxy) is 1. The quantitative estimate of drug-likeness (QED) is 0.884. The summed E-state index contributed by atoms with van der Waals surface area (Å²) in [5, 5.41) is 1.03. The van der Waals surface area contributed by atoms with Gasteiger partial charge in [0.15, 0.2) is 0 Å². The molecule has 0 aliphatic carbocycles. The molecule has 0 amide bonds. The normalized spacial score (nSPS) is 11.5. The van der Waals surface area contributed by atoms with Crippen LogP contribution in [0.5, 0.6) is 5.75 Å². The molecule has 0 unspecified atom stereocenters. The second-order valence-corrected chi connectivity index (χ2v) is 4.79. The Morgan fingerprint density at radius 1 is 1.27 bits per heavy atom. The van der Waals surface area contributed by atoms with E-state index in [-0.39, 0.29) is 5.60 Å². The van der Waals surface area contributed by atoms with Gasteiger partial charge in [-0.2, -0.15) is 0 Å². The summed E-state index contributed by atoms with van der Waals surface area (Å²) in [5.41, 5.74) is 5.21. The van der Waals surface area contributed by atoms with Crippen molar-refractivity contribution in [2.24, 2.45) is 5.73 Å². The molecule has 0 spiro atoms. The number of benzene rings is 1. The summed E-state index contributed by atoms with van der Waals surface area (Å²) in [5.74, 6) is 0.711. The average molecular weight is 248 g/mol. The first-order chi connectivity index (χ1) is 6.94. The van der Waals surface area contributed by atoms with Gasteiger partial charge in [-0.05, 0) is 38.9 Å². The Kier molecular flexibility index (Phi) is 4.26. The highest BCUT2D eigenvalue weighted by molar-refractivity contribution is 6.42. The van der Waals surface area contributed by atoms with E-state index in [4.69, 9.17) is 33.7 Å². The lowest BCUT2D eigenvalue weighted by Crippen LogP contribution is -2.31. The van der Waals surface area contributed by atoms with Gasteiger partial charge in [0.25, 0.3) is 0 Å². The van der Waals surface area contributed by atoms with Gasteiger partial charge in [0.1, 0.15) is 11.4 Å². The zero-order valence-electron chi connectivity index (χ0n) is 8.89. The second-order valence-electron chi connectivity index (χ2n) is 3.98. The van der Waals surface area contributed by atoms with Gasteiger partial charge < -0.3 is 10.5 Å². The molecule has 15 heavy (non-hydrogen) atoms. The molecular formula is C11H15Cl2NO. The maximum Gasteiger partial charge on any atom is 0.121 e. The third-order valence-corrected chi connectivity index (χ3v) is 2.77. The minimum Gasteiger partial charge on any atom is -0.488 e. The summed E-state index contributed by atoms with van der Waals surface area (Å²) >= 11 is 11.7. The van der Waals surface area contributed by atoms with Gasteiger partial charge in [0.2, 0.25) is 0 Å². The standard InChI is InChI=1S/C11H15Cl2NO/c1-11(2,5-6-14)15-8-3-4-9(12)10(13)7-8/h3-4,7H,5-6,14H2,1-2H3. The summed E-state index contributed by atoms with van der Waals surface area (Å²) in [6.45, 7) is 4.57. The zero-order valence-corrected chi connectivity index (χ0v) is 10.4. The Hall–Kier alpha value is -0.440. The minimum atomic E-state index is -0.286. The number of halogens is 2. The van der Waals surface area contributed by atoms with E-state index in [0.29, 0.717) is 22.3 Å². The van der Waals surface area contributed by atoms with Crippen molar-refractivity contribution in [1.82, 2.24) is 0 Å². The fourth-order valence-corrected chi connectivity index (χ4v) is 1.55. The molecule has 0 bridgehead atoms. The predicted molar refractivity (Wildman–Crippen MR) is 64.8 cm³/mol. The van der Waals surface area contributed by atoms with Gasteiger partial charge in [-0.15, -0.1) is 0 Å². The Morgan fingerprint density at radius 2 is 1.93 bits per heavy atom. The molecule has 0 heterocycles. The van der Waals surface area contributed by atoms with Crippen molar-refractivity contribution in [2.45, 2.75) is 25.9 Å². The minimum absolute atomic E-state index is 0.286. The summed E-state index contributed by atoms with van der Waals surface area (Å²) in [7, 11) is 0. The summed E-state index contributed by atoms with van der Waals surface area (Å²) in [6.07, 6.45) is 0.785. The maximum absolute atomic E-state index is 5.88. The average Bonchev–Trinajstić information content (AvgIpc) is 2.10. The van der Waals surface area contributed by atoms with Crippen LogP contribution in [-0.4, -0.2) is 12.1 Å². The number of hydrogen-bond acceptors (Lipinski definition) is 2. The smallest absolute Gasteiger partial charge is 0.121 e. The summed E-state index contributed by atoms with van der Waals surface area (Å²) < 4.78 is 5.75. The molecular weight excluding hydrogens is 233 g/mol. The Bertz CT molecular complexity index is 339. The molecule has 1 rings (SSSR count). The van der Waals surface area contributed by atoms with Crippen LogP contribution in [0.1, 0.15) is 20.3 Å². The van der Waals surface area contributed by atoms with Crippen LogP contribution in [0.25, 0.3) is 0 Å². The monoisotopic (exact) mass is 247 g/mol.